The van der Waals surface area contributed by atoms with Gasteiger partial charge in [-0.05, 0) is 103 Å². The van der Waals surface area contributed by atoms with E-state index >= 15 is 0 Å². The summed E-state index contributed by atoms with van der Waals surface area (Å²) in [7, 11) is 1.45. The molecule has 8 rings (SSSR count). The molecule has 0 spiro atoms. The first-order valence-corrected chi connectivity index (χ1v) is 33.0. The number of nitrogens with one attached hydrogen (secondary N) is 6. The number of pyridine rings is 1. The highest BCUT2D eigenvalue weighted by Crippen LogP contribution is 2.47. The molecule has 0 radical (unpaired) electrons. The lowest BCUT2D eigenvalue weighted by molar-refractivity contribution is -0.138. The first-order chi connectivity index (χ1) is 48.5. The molecule has 4 heterocycles. The van der Waals surface area contributed by atoms with Crippen LogP contribution in [0.15, 0.2) is 103 Å². The average Bonchev–Trinajstić information content (AvgIpc) is 1.62. The van der Waals surface area contributed by atoms with Crippen LogP contribution in [0.1, 0.15) is 83.0 Å². The molecule has 0 fully saturated rings. The van der Waals surface area contributed by atoms with Crippen LogP contribution >= 0.6 is 11.6 Å². The van der Waals surface area contributed by atoms with Crippen molar-refractivity contribution in [2.24, 2.45) is 11.7 Å². The van der Waals surface area contributed by atoms with Gasteiger partial charge in [-0.3, -0.25) is 38.5 Å². The molecular formula is C69H81ClN12O19. The number of aromatic hydroxyl groups is 1. The number of phenols is 1. The number of H-pyrrole nitrogens is 1. The molecule has 0 saturated heterocycles. The lowest BCUT2D eigenvalue weighted by Gasteiger charge is -2.26. The number of anilines is 3. The smallest absolute Gasteiger partial charge is 0.415 e. The van der Waals surface area contributed by atoms with E-state index in [2.05, 4.69) is 36.6 Å². The van der Waals surface area contributed by atoms with Gasteiger partial charge in [0.1, 0.15) is 48.1 Å². The summed E-state index contributed by atoms with van der Waals surface area (Å²) < 4.78 is 33.3. The quantitative estimate of drug-likeness (QED) is 0.0115. The lowest BCUT2D eigenvalue weighted by atomic mass is 9.92. The Bertz CT molecular complexity index is 4000. The minimum atomic E-state index is -1.17. The second kappa shape index (κ2) is 36.8. The van der Waals surface area contributed by atoms with Crippen LogP contribution in [0.4, 0.5) is 36.2 Å². The Kier molecular flexibility index (Phi) is 27.6. The molecule has 4 aromatic carbocycles. The maximum atomic E-state index is 14.6. The number of benzene rings is 4. The van der Waals surface area contributed by atoms with Crippen LogP contribution in [0.5, 0.6) is 11.5 Å². The largest absolute Gasteiger partial charge is 0.508 e. The zero-order valence-corrected chi connectivity index (χ0v) is 56.8. The van der Waals surface area contributed by atoms with Gasteiger partial charge in [0.25, 0.3) is 23.6 Å². The molecule has 0 bridgehead atoms. The van der Waals surface area contributed by atoms with Crippen molar-refractivity contribution in [3.63, 3.8) is 0 Å². The number of carbonyl (C=O) groups excluding carboxylic acids is 10. The first-order valence-electron chi connectivity index (χ1n) is 32.5. The number of amides is 11. The van der Waals surface area contributed by atoms with Crippen molar-refractivity contribution < 1.29 is 91.4 Å². The summed E-state index contributed by atoms with van der Waals surface area (Å²) in [6.07, 6.45) is 1.32. The van der Waals surface area contributed by atoms with E-state index in [4.69, 9.17) is 45.8 Å². The number of nitrogens with zero attached hydrogens (tertiary/aromatic N) is 5. The highest BCUT2D eigenvalue weighted by Gasteiger charge is 2.37. The van der Waals surface area contributed by atoms with Crippen molar-refractivity contribution in [1.82, 2.24) is 40.6 Å². The number of likely N-dealkylation sites (N-methyl/N-ethyl adjacent to an activating group) is 1. The number of carboxylic acids is 1. The van der Waals surface area contributed by atoms with Gasteiger partial charge >= 0.3 is 30.3 Å². The number of imide groups is 1. The predicted molar refractivity (Wildman–Crippen MR) is 369 cm³/mol. The van der Waals surface area contributed by atoms with Crippen molar-refractivity contribution in [2.75, 3.05) is 114 Å². The minimum Gasteiger partial charge on any atom is -0.508 e. The average molecular weight is 1420 g/mol. The number of carbonyl (C=O) groups is 11. The lowest BCUT2D eigenvalue weighted by Crippen LogP contribution is -2.54. The van der Waals surface area contributed by atoms with Gasteiger partial charge in [0.2, 0.25) is 11.8 Å². The van der Waals surface area contributed by atoms with E-state index in [1.165, 1.54) is 59.5 Å². The van der Waals surface area contributed by atoms with Gasteiger partial charge in [-0.1, -0.05) is 44.2 Å². The zero-order valence-electron chi connectivity index (χ0n) is 56.1. The topological polar surface area (TPSA) is 411 Å². The number of fused-ring (bicyclic) bond motifs is 4. The summed E-state index contributed by atoms with van der Waals surface area (Å²) in [5.74, 6) is -4.61. The molecule has 2 aliphatic rings. The Balaban J connectivity index is 0.827. The number of primary amides is 1. The summed E-state index contributed by atoms with van der Waals surface area (Å²) >= 11 is 6.64. The van der Waals surface area contributed by atoms with E-state index < -0.39 is 71.9 Å². The third kappa shape index (κ3) is 21.6. The normalized spacial score (nSPS) is 13.7. The van der Waals surface area contributed by atoms with Gasteiger partial charge in [-0.2, -0.15) is 0 Å². The summed E-state index contributed by atoms with van der Waals surface area (Å²) in [5, 5.41) is 34.2. The monoisotopic (exact) mass is 1420 g/mol. The zero-order chi connectivity index (χ0) is 72.7. The summed E-state index contributed by atoms with van der Waals surface area (Å²) in [4.78, 5) is 155. The number of hydrogen-bond donors (Lipinski definition) is 9. The highest BCUT2D eigenvalue weighted by molar-refractivity contribution is 6.20. The molecular weight excluding hydrogens is 1340 g/mol. The Labute approximate surface area is 585 Å². The van der Waals surface area contributed by atoms with Crippen LogP contribution in [0.3, 0.4) is 0 Å². The number of nitrogens with two attached hydrogens (primary N) is 1. The fourth-order valence-electron chi connectivity index (χ4n) is 10.9. The molecule has 101 heavy (non-hydrogen) atoms. The predicted octanol–water partition coefficient (Wildman–Crippen LogP) is 6.50. The number of aromatic amines is 1. The van der Waals surface area contributed by atoms with Gasteiger partial charge in [0.05, 0.1) is 63.8 Å². The highest BCUT2D eigenvalue weighted by atomic mass is 35.5. The van der Waals surface area contributed by atoms with Gasteiger partial charge in [0.15, 0.2) is 0 Å². The number of urea groups is 1. The van der Waals surface area contributed by atoms with Gasteiger partial charge in [0, 0.05) is 98.2 Å². The fourth-order valence-corrected chi connectivity index (χ4v) is 11.2. The molecule has 6 aromatic rings. The number of hydrogen-bond acceptors (Lipinski definition) is 19. The van der Waals surface area contributed by atoms with Crippen LogP contribution in [-0.4, -0.2) is 211 Å². The van der Waals surface area contributed by atoms with E-state index in [0.717, 1.165) is 21.4 Å². The molecule has 3 atom stereocenters. The van der Waals surface area contributed by atoms with Crippen LogP contribution in [0.2, 0.25) is 0 Å². The van der Waals surface area contributed by atoms with Crippen molar-refractivity contribution >= 4 is 116 Å². The van der Waals surface area contributed by atoms with Crippen molar-refractivity contribution in [1.29, 1.82) is 0 Å². The van der Waals surface area contributed by atoms with E-state index in [-0.39, 0.29) is 159 Å². The number of aryl methyl sites for hydroxylation is 1. The molecule has 0 aliphatic carbocycles. The summed E-state index contributed by atoms with van der Waals surface area (Å²) in [6, 6.07) is 19.3. The number of aliphatic carboxylic acids is 1. The standard InChI is InChI=1S/C69H81ClN12O19/c1-41(2)60(78-67(93)99-33-32-98-31-30-97-29-28-96-27-26-81-55(84)20-21-56(81)85)64(90)77-51(10-6-22-72-66(71)92)63(89)74-47-16-12-43(13-17-47)40-100-68(94)79(4)24-25-80(23-7-11-57(86)87)69(95)101-54-36-53-59(58-42(3)8-5-9-50(54)58)46(37-70)39-82(53)65(91)52-35-45-34-48(38-73-61(45)76-52)75-62(88)44-14-18-49(83)19-15-44/h5,8-9,12-21,34-36,38,41,46,51,60,83H,6-7,10-11,22-33,37,39-40H2,1-4H3,(H,73,76)(H,74,89)(H,75,88)(H,77,90)(H,78,93)(H,86,87)(H3,71,72,92)/t46-,51+,60+/m1/s1. The fraction of sp³-hybridized carbons (Fsp3) is 0.391. The molecule has 0 saturated carbocycles. The van der Waals surface area contributed by atoms with E-state index in [1.807, 2.05) is 13.0 Å². The minimum absolute atomic E-state index is 0.00905. The van der Waals surface area contributed by atoms with E-state index in [1.54, 1.807) is 73.3 Å². The van der Waals surface area contributed by atoms with Gasteiger partial charge in [-0.25, -0.2) is 24.2 Å². The van der Waals surface area contributed by atoms with Crippen LogP contribution in [0, 0.1) is 12.8 Å². The van der Waals surface area contributed by atoms with Crippen LogP contribution < -0.4 is 42.0 Å². The number of carboxylic acid groups (broad SMARTS) is 1. The van der Waals surface area contributed by atoms with E-state index in [9.17, 15) is 63.0 Å². The summed E-state index contributed by atoms with van der Waals surface area (Å²) in [5.41, 5.74) is 9.30. The maximum absolute atomic E-state index is 14.6. The number of halogens is 1. The third-order valence-corrected chi connectivity index (χ3v) is 16.6. The molecule has 32 heteroatoms. The Morgan fingerprint density at radius 1 is 0.782 bits per heavy atom. The number of aromatic nitrogens is 2. The van der Waals surface area contributed by atoms with Gasteiger partial charge < -0.3 is 90.6 Å². The Morgan fingerprint density at radius 2 is 1.48 bits per heavy atom. The molecule has 2 aromatic heterocycles. The first kappa shape index (κ1) is 75.9. The Morgan fingerprint density at radius 3 is 2.15 bits per heavy atom. The van der Waals surface area contributed by atoms with Crippen molar-refractivity contribution in [3.8, 4) is 11.5 Å². The molecule has 11 amide bonds. The number of rotatable bonds is 36. The Hall–Kier alpha value is -10.9. The summed E-state index contributed by atoms with van der Waals surface area (Å²) in [6.45, 7) is 6.02. The van der Waals surface area contributed by atoms with Crippen molar-refractivity contribution in [2.45, 2.75) is 71.1 Å². The maximum Gasteiger partial charge on any atom is 0.415 e. The van der Waals surface area contributed by atoms with Crippen LogP contribution in [0.25, 0.3) is 21.8 Å². The molecule has 538 valence electrons. The second-order valence-corrected chi connectivity index (χ2v) is 24.2. The van der Waals surface area contributed by atoms with Crippen molar-refractivity contribution in [3.05, 3.63) is 131 Å². The van der Waals surface area contributed by atoms with Gasteiger partial charge in [-0.15, -0.1) is 11.6 Å². The second-order valence-electron chi connectivity index (χ2n) is 23.9. The molecule has 0 unspecified atom stereocenters. The number of ether oxygens (including phenoxy) is 6. The molecule has 31 nitrogen and oxygen atoms in total. The van der Waals surface area contributed by atoms with Crippen LogP contribution in [-0.2, 0) is 54.3 Å². The van der Waals surface area contributed by atoms with E-state index in [0.29, 0.717) is 44.6 Å². The number of alkyl halides is 1. The third-order valence-electron chi connectivity index (χ3n) is 16.2. The number of alkyl carbamates (subject to hydrolysis) is 1. The molecule has 2 aliphatic heterocycles. The molecule has 10 N–H and O–H groups in total. The number of phenolic OH excluding ortho intramolecular Hbond substituents is 1. The SMILES string of the molecule is Cc1cccc2c(OC(=O)N(CCCC(=O)O)CCN(C)C(=O)OCc3ccc(NC(=O)[C@H](CCCNC(N)=O)NC(=O)[C@@H](NC(=O)OCCOCCOCCOCCN4C(=O)C=CC4=O)C(C)C)cc3)cc3c(c12)[C@H](CCl)CN3C(=O)c1cc2cc(NC(=O)c3ccc(O)cc3)cnc2[nH]1.